The van der Waals surface area contributed by atoms with Crippen LogP contribution < -0.4 is 10.4 Å². The van der Waals surface area contributed by atoms with E-state index in [0.29, 0.717) is 4.88 Å². The lowest BCUT2D eigenvalue weighted by Crippen LogP contribution is -2.14. The zero-order chi connectivity index (χ0) is 14.0. The summed E-state index contributed by atoms with van der Waals surface area (Å²) >= 11 is 4.46. The first-order chi connectivity index (χ1) is 8.97. The fourth-order valence-electron chi connectivity index (χ4n) is 1.43. The van der Waals surface area contributed by atoms with Gasteiger partial charge in [-0.1, -0.05) is 12.1 Å². The van der Waals surface area contributed by atoms with E-state index in [0.717, 1.165) is 9.85 Å². The molecule has 0 aliphatic heterocycles. The lowest BCUT2D eigenvalue weighted by molar-refractivity contribution is -0.268. The first kappa shape index (κ1) is 13.6. The van der Waals surface area contributed by atoms with Gasteiger partial charge < -0.3 is 15.5 Å². The zero-order valence-corrected chi connectivity index (χ0v) is 11.7. The molecule has 0 atom stereocenters. The Hall–Kier alpha value is -1.86. The maximum Gasteiger partial charge on any atom is 0.337 e. The number of hydrogen-bond donors (Lipinski definition) is 2. The number of carboxylic acids is 1. The predicted molar refractivity (Wildman–Crippen MR) is 72.8 cm³/mol. The van der Waals surface area contributed by atoms with Gasteiger partial charge in [0.2, 0.25) is 0 Å². The Bertz CT molecular complexity index is 653. The molecule has 0 unspecified atom stereocenters. The number of hydrogen-bond acceptors (Lipinski definition) is 4. The van der Waals surface area contributed by atoms with Crippen molar-refractivity contribution in [1.82, 2.24) is 0 Å². The van der Waals surface area contributed by atoms with Gasteiger partial charge in [0.25, 0.3) is 5.91 Å². The van der Waals surface area contributed by atoms with E-state index >= 15 is 0 Å². The van der Waals surface area contributed by atoms with Gasteiger partial charge in [-0.15, -0.1) is 17.1 Å². The van der Waals surface area contributed by atoms with E-state index in [9.17, 15) is 14.7 Å². The summed E-state index contributed by atoms with van der Waals surface area (Å²) in [5.74, 6) is -2.11. The Kier molecular flexibility index (Phi) is 3.87. The number of carboxylic acid groups (broad SMARTS) is 1. The van der Waals surface area contributed by atoms with Crippen LogP contribution in [-0.2, 0) is 0 Å². The minimum atomic E-state index is -1.26. The first-order valence-electron chi connectivity index (χ1n) is 5.08. The summed E-state index contributed by atoms with van der Waals surface area (Å²) in [7, 11) is 0. The van der Waals surface area contributed by atoms with Gasteiger partial charge in [0.05, 0.1) is 19.9 Å². The van der Waals surface area contributed by atoms with Crippen LogP contribution in [0.15, 0.2) is 34.1 Å². The standard InChI is InChI=1S/C12H8BrNO4S/c13-10-4-3-9(19-10)11(16)14-8-2-1-6(15)5-7(8)12(17)18/h1-5,15H,(H,14,16)(H,17,18)/p-1. The van der Waals surface area contributed by atoms with Gasteiger partial charge in [0.15, 0.2) is 0 Å². The highest BCUT2D eigenvalue weighted by molar-refractivity contribution is 9.11. The number of carbonyl (C=O) groups excluding carboxylic acids is 1. The van der Waals surface area contributed by atoms with Crippen molar-refractivity contribution >= 4 is 44.8 Å². The van der Waals surface area contributed by atoms with Crippen LogP contribution >= 0.6 is 27.3 Å². The van der Waals surface area contributed by atoms with Crippen LogP contribution in [0.2, 0.25) is 0 Å². The third-order valence-corrected chi connectivity index (χ3v) is 3.89. The van der Waals surface area contributed by atoms with Gasteiger partial charge in [-0.25, -0.2) is 4.79 Å². The molecule has 0 saturated heterocycles. The fraction of sp³-hybridized carbons (Fsp3) is 0. The molecule has 1 amide bonds. The molecule has 7 heteroatoms. The number of carbonyl (C=O) groups is 2. The van der Waals surface area contributed by atoms with Crippen LogP contribution in [0.3, 0.4) is 0 Å². The van der Waals surface area contributed by atoms with Gasteiger partial charge in [-0.2, -0.15) is 0 Å². The van der Waals surface area contributed by atoms with E-state index in [2.05, 4.69) is 21.2 Å². The molecule has 0 bridgehead atoms. The fourth-order valence-corrected chi connectivity index (χ4v) is 2.71. The van der Waals surface area contributed by atoms with Gasteiger partial charge in [0, 0.05) is 0 Å². The molecule has 2 aromatic rings. The predicted octanol–water partition coefficient (Wildman–Crippen LogP) is 2.53. The topological polar surface area (TPSA) is 89.5 Å². The summed E-state index contributed by atoms with van der Waals surface area (Å²) in [5.41, 5.74) is -0.127. The van der Waals surface area contributed by atoms with E-state index in [-0.39, 0.29) is 11.3 Å². The summed E-state index contributed by atoms with van der Waals surface area (Å²) in [6.07, 6.45) is 0. The average molecular weight is 341 g/mol. The second-order valence-electron chi connectivity index (χ2n) is 3.57. The molecule has 0 saturated carbocycles. The van der Waals surface area contributed by atoms with Crippen molar-refractivity contribution in [2.24, 2.45) is 0 Å². The molecule has 5 nitrogen and oxygen atoms in total. The van der Waals surface area contributed by atoms with E-state index in [4.69, 9.17) is 5.11 Å². The van der Waals surface area contributed by atoms with Crippen molar-refractivity contribution in [3.63, 3.8) is 0 Å². The smallest absolute Gasteiger partial charge is 0.337 e. The molecule has 98 valence electrons. The molecule has 2 rings (SSSR count). The summed E-state index contributed by atoms with van der Waals surface area (Å²) in [6.45, 7) is 0. The van der Waals surface area contributed by atoms with E-state index < -0.39 is 17.6 Å². The third-order valence-electron chi connectivity index (χ3n) is 2.27. The largest absolute Gasteiger partial charge is 0.872 e. The summed E-state index contributed by atoms with van der Waals surface area (Å²) in [4.78, 5) is 23.3. The van der Waals surface area contributed by atoms with Crippen molar-refractivity contribution in [2.45, 2.75) is 0 Å². The summed E-state index contributed by atoms with van der Waals surface area (Å²) in [5, 5.41) is 22.6. The molecule has 0 spiro atoms. The molecule has 1 aromatic heterocycles. The molecule has 19 heavy (non-hydrogen) atoms. The molecule has 0 aliphatic carbocycles. The number of thiophene rings is 1. The minimum Gasteiger partial charge on any atom is -0.872 e. The molecular weight excluding hydrogens is 334 g/mol. The van der Waals surface area contributed by atoms with Gasteiger partial charge >= 0.3 is 5.97 Å². The Labute approximate surface area is 120 Å². The Morgan fingerprint density at radius 2 is 2.00 bits per heavy atom. The van der Waals surface area contributed by atoms with Gasteiger partial charge in [-0.05, 0) is 34.1 Å². The van der Waals surface area contributed by atoms with Crippen LogP contribution in [0, 0.1) is 0 Å². The second-order valence-corrected chi connectivity index (χ2v) is 6.03. The minimum absolute atomic E-state index is 0.0987. The monoisotopic (exact) mass is 340 g/mol. The third kappa shape index (κ3) is 3.12. The van der Waals surface area contributed by atoms with Crippen LogP contribution in [0.4, 0.5) is 5.69 Å². The molecule has 0 aliphatic rings. The van der Waals surface area contributed by atoms with E-state index in [1.165, 1.54) is 23.5 Å². The van der Waals surface area contributed by atoms with Crippen LogP contribution in [-0.4, -0.2) is 17.0 Å². The molecule has 0 fully saturated rings. The van der Waals surface area contributed by atoms with Crippen molar-refractivity contribution in [3.05, 3.63) is 44.6 Å². The van der Waals surface area contributed by atoms with Crippen LogP contribution in [0.5, 0.6) is 5.75 Å². The Morgan fingerprint density at radius 3 is 2.58 bits per heavy atom. The van der Waals surface area contributed by atoms with Crippen LogP contribution in [0.25, 0.3) is 0 Å². The SMILES string of the molecule is O=C(Nc1ccc([O-])cc1C(=O)O)c1ccc(Br)s1. The quantitative estimate of drug-likeness (QED) is 0.898. The highest BCUT2D eigenvalue weighted by atomic mass is 79.9. The van der Waals surface area contributed by atoms with Crippen LogP contribution in [0.1, 0.15) is 20.0 Å². The van der Waals surface area contributed by atoms with Crippen molar-refractivity contribution < 1.29 is 19.8 Å². The van der Waals surface area contributed by atoms with Gasteiger partial charge in [0.1, 0.15) is 0 Å². The Morgan fingerprint density at radius 1 is 1.26 bits per heavy atom. The summed E-state index contributed by atoms with van der Waals surface area (Å²) in [6, 6.07) is 6.80. The maximum absolute atomic E-state index is 11.9. The summed E-state index contributed by atoms with van der Waals surface area (Å²) < 4.78 is 0.797. The second kappa shape index (κ2) is 5.41. The molecular formula is C12H7BrNO4S-. The normalized spacial score (nSPS) is 10.2. The number of anilines is 1. The number of benzene rings is 1. The number of aromatic carboxylic acids is 1. The maximum atomic E-state index is 11.9. The van der Waals surface area contributed by atoms with E-state index in [1.54, 1.807) is 12.1 Å². The zero-order valence-electron chi connectivity index (χ0n) is 9.34. The number of amides is 1. The molecule has 1 aromatic carbocycles. The lowest BCUT2D eigenvalue weighted by Gasteiger charge is -2.11. The lowest BCUT2D eigenvalue weighted by atomic mass is 10.1. The molecule has 2 N–H and O–H groups in total. The van der Waals surface area contributed by atoms with Crippen molar-refractivity contribution in [2.75, 3.05) is 5.32 Å². The van der Waals surface area contributed by atoms with E-state index in [1.807, 2.05) is 0 Å². The highest BCUT2D eigenvalue weighted by Crippen LogP contribution is 2.25. The number of halogens is 1. The first-order valence-corrected chi connectivity index (χ1v) is 6.69. The van der Waals surface area contributed by atoms with Crippen molar-refractivity contribution in [1.29, 1.82) is 0 Å². The van der Waals surface area contributed by atoms with Gasteiger partial charge in [-0.3, -0.25) is 4.79 Å². The van der Waals surface area contributed by atoms with Crippen molar-refractivity contribution in [3.8, 4) is 5.75 Å². The average Bonchev–Trinajstić information content (AvgIpc) is 2.78. The number of rotatable bonds is 3. The molecule has 0 radical (unpaired) electrons. The molecule has 1 heterocycles. The highest BCUT2D eigenvalue weighted by Gasteiger charge is 2.14. The Balaban J connectivity index is 2.28. The number of nitrogens with one attached hydrogen (secondary N) is 1.